The van der Waals surface area contributed by atoms with Gasteiger partial charge in [0.2, 0.25) is 0 Å². The summed E-state index contributed by atoms with van der Waals surface area (Å²) in [6.45, 7) is 1.87. The van der Waals surface area contributed by atoms with E-state index in [0.29, 0.717) is 12.0 Å². The molecule has 0 fully saturated rings. The molecule has 0 atom stereocenters. The Kier molecular flexibility index (Phi) is 1.16. The highest BCUT2D eigenvalue weighted by Gasteiger charge is 1.91. The first-order valence-corrected chi connectivity index (χ1v) is 2.33. The van der Waals surface area contributed by atoms with Crippen molar-refractivity contribution in [1.29, 1.82) is 0 Å². The quantitative estimate of drug-likeness (QED) is 0.511. The molecule has 0 N–H and O–H groups in total. The van der Waals surface area contributed by atoms with Gasteiger partial charge in [-0.15, -0.1) is 0 Å². The summed E-state index contributed by atoms with van der Waals surface area (Å²) >= 11 is 0. The van der Waals surface area contributed by atoms with Crippen molar-refractivity contribution in [3.05, 3.63) is 23.7 Å². The maximum Gasteiger partial charge on any atom is 0.185 e. The first-order chi connectivity index (χ1) is 3.83. The molecular formula is C6H6O2. The van der Waals surface area contributed by atoms with Gasteiger partial charge in [0.15, 0.2) is 12.0 Å². The average Bonchev–Trinajstić information content (AvgIpc) is 2.14. The molecule has 0 aliphatic heterocycles. The summed E-state index contributed by atoms with van der Waals surface area (Å²) in [4.78, 5) is 9.93. The van der Waals surface area contributed by atoms with E-state index in [9.17, 15) is 4.79 Å². The van der Waals surface area contributed by atoms with Gasteiger partial charge in [0.1, 0.15) is 0 Å². The number of aryl methyl sites for hydroxylation is 1. The van der Waals surface area contributed by atoms with Crippen LogP contribution in [0.4, 0.5) is 0 Å². The van der Waals surface area contributed by atoms with Crippen LogP contribution in [0.2, 0.25) is 0 Å². The van der Waals surface area contributed by atoms with Crippen molar-refractivity contribution in [1.82, 2.24) is 0 Å². The second-order valence-corrected chi connectivity index (χ2v) is 1.64. The van der Waals surface area contributed by atoms with Gasteiger partial charge in [0.25, 0.3) is 0 Å². The van der Waals surface area contributed by atoms with Crippen LogP contribution in [-0.2, 0) is 0 Å². The van der Waals surface area contributed by atoms with Crippen LogP contribution in [0.15, 0.2) is 16.7 Å². The lowest BCUT2D eigenvalue weighted by atomic mass is 10.3. The van der Waals surface area contributed by atoms with Crippen LogP contribution in [-0.4, -0.2) is 6.29 Å². The lowest BCUT2D eigenvalue weighted by Crippen LogP contribution is -1.66. The maximum absolute atomic E-state index is 9.93. The van der Waals surface area contributed by atoms with Crippen molar-refractivity contribution < 1.29 is 9.21 Å². The molecule has 1 rings (SSSR count). The van der Waals surface area contributed by atoms with Crippen molar-refractivity contribution in [2.45, 2.75) is 6.92 Å². The number of hydrogen-bond acceptors (Lipinski definition) is 2. The van der Waals surface area contributed by atoms with Gasteiger partial charge in [-0.2, -0.15) is 0 Å². The molecule has 0 saturated carbocycles. The van der Waals surface area contributed by atoms with Crippen molar-refractivity contribution in [3.63, 3.8) is 0 Å². The predicted molar refractivity (Wildman–Crippen MR) is 28.8 cm³/mol. The molecule has 1 heterocycles. The van der Waals surface area contributed by atoms with Crippen LogP contribution in [0.25, 0.3) is 0 Å². The second kappa shape index (κ2) is 1.82. The minimum atomic E-state index is 0.391. The summed E-state index contributed by atoms with van der Waals surface area (Å²) in [6.07, 6.45) is 2.23. The van der Waals surface area contributed by atoms with Crippen molar-refractivity contribution >= 4 is 6.29 Å². The predicted octanol–water partition coefficient (Wildman–Crippen LogP) is 1.40. The van der Waals surface area contributed by atoms with Gasteiger partial charge in [0.05, 0.1) is 6.26 Å². The van der Waals surface area contributed by atoms with Crippen LogP contribution < -0.4 is 0 Å². The number of furan rings is 1. The highest BCUT2D eigenvalue weighted by molar-refractivity contribution is 5.70. The van der Waals surface area contributed by atoms with Gasteiger partial charge >= 0.3 is 0 Å². The van der Waals surface area contributed by atoms with Crippen LogP contribution in [0.1, 0.15) is 16.1 Å². The molecule has 0 radical (unpaired) electrons. The van der Waals surface area contributed by atoms with Crippen LogP contribution in [0.5, 0.6) is 0 Å². The Morgan fingerprint density at radius 2 is 2.50 bits per heavy atom. The summed E-state index contributed by atoms with van der Waals surface area (Å²) in [5.74, 6) is 0.391. The van der Waals surface area contributed by atoms with E-state index in [1.54, 1.807) is 12.3 Å². The van der Waals surface area contributed by atoms with E-state index in [2.05, 4.69) is 0 Å². The van der Waals surface area contributed by atoms with E-state index in [0.717, 1.165) is 5.56 Å². The molecule has 0 aliphatic carbocycles. The molecule has 0 amide bonds. The Balaban J connectivity index is 3.00. The minimum Gasteiger partial charge on any atom is -0.461 e. The van der Waals surface area contributed by atoms with E-state index < -0.39 is 0 Å². The Morgan fingerprint density at radius 3 is 2.75 bits per heavy atom. The van der Waals surface area contributed by atoms with Crippen LogP contribution in [0, 0.1) is 6.92 Å². The van der Waals surface area contributed by atoms with Crippen molar-refractivity contribution in [2.75, 3.05) is 0 Å². The molecule has 1 aromatic rings. The SMILES string of the molecule is Cc1coc(C=O)c1. The third-order valence-electron chi connectivity index (χ3n) is 0.867. The van der Waals surface area contributed by atoms with E-state index >= 15 is 0 Å². The molecule has 42 valence electrons. The molecule has 0 aliphatic rings. The fraction of sp³-hybridized carbons (Fsp3) is 0.167. The Hall–Kier alpha value is -1.05. The Bertz CT molecular complexity index is 188. The van der Waals surface area contributed by atoms with Gasteiger partial charge in [-0.25, -0.2) is 0 Å². The number of carbonyl (C=O) groups excluding carboxylic acids is 1. The molecule has 2 nitrogen and oxygen atoms in total. The van der Waals surface area contributed by atoms with E-state index in [4.69, 9.17) is 4.42 Å². The number of carbonyl (C=O) groups is 1. The lowest BCUT2D eigenvalue weighted by Gasteiger charge is -1.69. The van der Waals surface area contributed by atoms with Crippen LogP contribution >= 0.6 is 0 Å². The number of hydrogen-bond donors (Lipinski definition) is 0. The summed E-state index contributed by atoms with van der Waals surface area (Å²) in [6, 6.07) is 1.69. The zero-order valence-electron chi connectivity index (χ0n) is 4.55. The van der Waals surface area contributed by atoms with Gasteiger partial charge in [-0.1, -0.05) is 0 Å². The lowest BCUT2D eigenvalue weighted by molar-refractivity contribution is 0.110. The summed E-state index contributed by atoms with van der Waals surface area (Å²) < 4.78 is 4.75. The minimum absolute atomic E-state index is 0.391. The van der Waals surface area contributed by atoms with Crippen LogP contribution in [0.3, 0.4) is 0 Å². The number of aldehydes is 1. The number of rotatable bonds is 1. The fourth-order valence-corrected chi connectivity index (χ4v) is 0.515. The summed E-state index contributed by atoms with van der Waals surface area (Å²) in [7, 11) is 0. The fourth-order valence-electron chi connectivity index (χ4n) is 0.515. The molecule has 0 unspecified atom stereocenters. The standard InChI is InChI=1S/C6H6O2/c1-5-2-6(3-7)8-4-5/h2-4H,1H3. The molecule has 0 bridgehead atoms. The van der Waals surface area contributed by atoms with E-state index in [1.807, 2.05) is 6.92 Å². The molecule has 0 saturated heterocycles. The monoisotopic (exact) mass is 110 g/mol. The zero-order valence-corrected chi connectivity index (χ0v) is 4.55. The average molecular weight is 110 g/mol. The first kappa shape index (κ1) is 5.09. The molecule has 0 spiro atoms. The van der Waals surface area contributed by atoms with Gasteiger partial charge in [-0.05, 0) is 18.6 Å². The largest absolute Gasteiger partial charge is 0.461 e. The van der Waals surface area contributed by atoms with Crippen molar-refractivity contribution in [2.24, 2.45) is 0 Å². The normalized spacial score (nSPS) is 9.12. The smallest absolute Gasteiger partial charge is 0.185 e. The third-order valence-corrected chi connectivity index (χ3v) is 0.867. The highest BCUT2D eigenvalue weighted by atomic mass is 16.3. The maximum atomic E-state index is 9.93. The van der Waals surface area contributed by atoms with E-state index in [-0.39, 0.29) is 0 Å². The summed E-state index contributed by atoms with van der Waals surface area (Å²) in [5.41, 5.74) is 0.979. The third kappa shape index (κ3) is 0.780. The zero-order chi connectivity index (χ0) is 5.98. The van der Waals surface area contributed by atoms with Gasteiger partial charge in [0, 0.05) is 0 Å². The second-order valence-electron chi connectivity index (χ2n) is 1.64. The highest BCUT2D eigenvalue weighted by Crippen LogP contribution is 2.01. The van der Waals surface area contributed by atoms with Gasteiger partial charge < -0.3 is 4.42 Å². The van der Waals surface area contributed by atoms with E-state index in [1.165, 1.54) is 0 Å². The Labute approximate surface area is 47.1 Å². The first-order valence-electron chi connectivity index (χ1n) is 2.33. The molecule has 1 aromatic heterocycles. The molecule has 0 aromatic carbocycles. The molecule has 8 heavy (non-hydrogen) atoms. The molecular weight excluding hydrogens is 104 g/mol. The summed E-state index contributed by atoms with van der Waals surface area (Å²) in [5, 5.41) is 0. The Morgan fingerprint density at radius 1 is 1.75 bits per heavy atom. The van der Waals surface area contributed by atoms with Gasteiger partial charge in [-0.3, -0.25) is 4.79 Å². The molecule has 2 heteroatoms. The topological polar surface area (TPSA) is 30.2 Å². The van der Waals surface area contributed by atoms with Crippen molar-refractivity contribution in [3.8, 4) is 0 Å².